The number of hydrogen-bond acceptors (Lipinski definition) is 2. The van der Waals surface area contributed by atoms with E-state index in [9.17, 15) is 0 Å². The van der Waals surface area contributed by atoms with Gasteiger partial charge in [0.15, 0.2) is 5.51 Å². The molecule has 3 heteroatoms. The molecule has 0 aliphatic rings. The van der Waals surface area contributed by atoms with E-state index in [0.29, 0.717) is 0 Å². The second kappa shape index (κ2) is 1.93. The first-order valence-electron chi connectivity index (χ1n) is 2.32. The van der Waals surface area contributed by atoms with Crippen LogP contribution in [-0.4, -0.2) is 14.5 Å². The van der Waals surface area contributed by atoms with E-state index in [1.54, 1.807) is 12.5 Å². The molecular formula is C4H7NOSi. The Balaban J connectivity index is 2.76. The molecule has 38 valence electrons. The van der Waals surface area contributed by atoms with Crippen LogP contribution in [0.1, 0.15) is 0 Å². The fraction of sp³-hybridized carbons (Fsp3) is 0.250. The third kappa shape index (κ3) is 0.897. The lowest BCUT2D eigenvalue weighted by Crippen LogP contribution is -2.09. The summed E-state index contributed by atoms with van der Waals surface area (Å²) in [5.74, 6) is 0. The zero-order valence-electron chi connectivity index (χ0n) is 4.22. The summed E-state index contributed by atoms with van der Waals surface area (Å²) in [7, 11) is -0.144. The van der Waals surface area contributed by atoms with Crippen LogP contribution in [0.25, 0.3) is 0 Å². The molecule has 0 aromatic carbocycles. The maximum Gasteiger partial charge on any atom is 0.158 e. The van der Waals surface area contributed by atoms with Crippen LogP contribution in [0.15, 0.2) is 16.9 Å². The Hall–Kier alpha value is -0.573. The van der Waals surface area contributed by atoms with E-state index in [0.717, 1.165) is 5.51 Å². The minimum absolute atomic E-state index is 0.144. The van der Waals surface area contributed by atoms with Crippen molar-refractivity contribution in [2.45, 2.75) is 6.55 Å². The average Bonchev–Trinajstić information content (AvgIpc) is 2.14. The van der Waals surface area contributed by atoms with Crippen molar-refractivity contribution >= 4 is 15.0 Å². The van der Waals surface area contributed by atoms with E-state index >= 15 is 0 Å². The molecule has 0 N–H and O–H groups in total. The Bertz CT molecular complexity index is 126. The second-order valence-corrected chi connectivity index (χ2v) is 2.59. The van der Waals surface area contributed by atoms with E-state index in [-0.39, 0.29) is 9.52 Å². The molecule has 1 aromatic rings. The third-order valence-corrected chi connectivity index (χ3v) is 1.74. The first-order chi connectivity index (χ1) is 3.43. The fourth-order valence-corrected chi connectivity index (χ4v) is 0.978. The van der Waals surface area contributed by atoms with E-state index in [2.05, 4.69) is 11.5 Å². The molecule has 0 spiro atoms. The van der Waals surface area contributed by atoms with Crippen molar-refractivity contribution in [3.63, 3.8) is 0 Å². The summed E-state index contributed by atoms with van der Waals surface area (Å²) >= 11 is 0. The molecule has 0 bridgehead atoms. The summed E-state index contributed by atoms with van der Waals surface area (Å²) in [6, 6.07) is 0. The zero-order chi connectivity index (χ0) is 5.11. The summed E-state index contributed by atoms with van der Waals surface area (Å²) in [5, 5.41) is 0. The maximum absolute atomic E-state index is 4.93. The maximum atomic E-state index is 4.93. The molecule has 0 saturated carbocycles. The summed E-state index contributed by atoms with van der Waals surface area (Å²) < 4.78 is 4.93. The van der Waals surface area contributed by atoms with Gasteiger partial charge in [0.05, 0.1) is 6.20 Å². The van der Waals surface area contributed by atoms with Gasteiger partial charge in [0.1, 0.15) is 15.8 Å². The van der Waals surface area contributed by atoms with Gasteiger partial charge in [0, 0.05) is 0 Å². The summed E-state index contributed by atoms with van der Waals surface area (Å²) in [6.07, 6.45) is 3.30. The molecule has 0 fully saturated rings. The average molecular weight is 113 g/mol. The standard InChI is InChI=1S/C4H7NOSi/c1-7-4-5-2-3-6-4/h2-3H,7H2,1H3. The Morgan fingerprint density at radius 3 is 3.00 bits per heavy atom. The number of rotatable bonds is 1. The van der Waals surface area contributed by atoms with Crippen LogP contribution < -0.4 is 5.51 Å². The van der Waals surface area contributed by atoms with E-state index in [4.69, 9.17) is 4.42 Å². The van der Waals surface area contributed by atoms with Crippen LogP contribution in [0.5, 0.6) is 0 Å². The molecule has 1 rings (SSSR count). The first kappa shape index (κ1) is 4.58. The lowest BCUT2D eigenvalue weighted by atomic mass is 11.0. The Labute approximate surface area is 44.4 Å². The van der Waals surface area contributed by atoms with Gasteiger partial charge in [-0.15, -0.1) is 0 Å². The van der Waals surface area contributed by atoms with Crippen LogP contribution in [-0.2, 0) is 0 Å². The molecule has 0 amide bonds. The summed E-state index contributed by atoms with van der Waals surface area (Å²) in [4.78, 5) is 3.93. The smallest absolute Gasteiger partial charge is 0.158 e. The van der Waals surface area contributed by atoms with Gasteiger partial charge in [-0.2, -0.15) is 0 Å². The van der Waals surface area contributed by atoms with Crippen molar-refractivity contribution in [2.75, 3.05) is 0 Å². The van der Waals surface area contributed by atoms with Crippen molar-refractivity contribution in [2.24, 2.45) is 0 Å². The minimum atomic E-state index is -0.144. The van der Waals surface area contributed by atoms with Gasteiger partial charge in [-0.05, 0) is 0 Å². The van der Waals surface area contributed by atoms with Crippen LogP contribution >= 0.6 is 0 Å². The molecule has 0 unspecified atom stereocenters. The normalized spacial score (nSPS) is 11.0. The highest BCUT2D eigenvalue weighted by Gasteiger charge is 1.87. The lowest BCUT2D eigenvalue weighted by Gasteiger charge is -1.76. The van der Waals surface area contributed by atoms with Crippen molar-refractivity contribution in [3.8, 4) is 0 Å². The third-order valence-electron chi connectivity index (χ3n) is 0.786. The van der Waals surface area contributed by atoms with Gasteiger partial charge in [0.25, 0.3) is 0 Å². The second-order valence-electron chi connectivity index (χ2n) is 1.28. The Kier molecular flexibility index (Phi) is 1.26. The molecule has 0 aliphatic carbocycles. The zero-order valence-corrected chi connectivity index (χ0v) is 5.63. The van der Waals surface area contributed by atoms with Crippen molar-refractivity contribution in [1.29, 1.82) is 0 Å². The molecule has 0 saturated heterocycles. The predicted molar refractivity (Wildman–Crippen MR) is 30.5 cm³/mol. The van der Waals surface area contributed by atoms with Gasteiger partial charge in [-0.1, -0.05) is 6.55 Å². The van der Waals surface area contributed by atoms with Gasteiger partial charge >= 0.3 is 0 Å². The number of aromatic nitrogens is 1. The lowest BCUT2D eigenvalue weighted by molar-refractivity contribution is 0.595. The highest BCUT2D eigenvalue weighted by atomic mass is 28.2. The minimum Gasteiger partial charge on any atom is -0.455 e. The van der Waals surface area contributed by atoms with E-state index in [1.165, 1.54) is 0 Å². The van der Waals surface area contributed by atoms with Crippen LogP contribution in [0.4, 0.5) is 0 Å². The highest BCUT2D eigenvalue weighted by Crippen LogP contribution is 1.72. The summed E-state index contributed by atoms with van der Waals surface area (Å²) in [6.45, 7) is 2.14. The van der Waals surface area contributed by atoms with Gasteiger partial charge in [0.2, 0.25) is 0 Å². The van der Waals surface area contributed by atoms with Gasteiger partial charge < -0.3 is 4.42 Å². The number of hydrogen-bond donors (Lipinski definition) is 0. The SMILES string of the molecule is C[SiH2]c1ncco1. The fourth-order valence-electron chi connectivity index (χ4n) is 0.428. The monoisotopic (exact) mass is 113 g/mol. The topological polar surface area (TPSA) is 26.0 Å². The molecule has 0 atom stereocenters. The molecular weight excluding hydrogens is 106 g/mol. The Morgan fingerprint density at radius 2 is 2.71 bits per heavy atom. The summed E-state index contributed by atoms with van der Waals surface area (Å²) in [5.41, 5.74) is 0.944. The Morgan fingerprint density at radius 1 is 1.86 bits per heavy atom. The van der Waals surface area contributed by atoms with E-state index < -0.39 is 0 Å². The largest absolute Gasteiger partial charge is 0.455 e. The van der Waals surface area contributed by atoms with Crippen molar-refractivity contribution < 1.29 is 4.42 Å². The molecule has 0 aliphatic heterocycles. The molecule has 0 radical (unpaired) electrons. The molecule has 2 nitrogen and oxygen atoms in total. The van der Waals surface area contributed by atoms with Crippen LogP contribution in [0.2, 0.25) is 6.55 Å². The molecule has 1 aromatic heterocycles. The first-order valence-corrected chi connectivity index (χ1v) is 4.44. The highest BCUT2D eigenvalue weighted by molar-refractivity contribution is 6.48. The van der Waals surface area contributed by atoms with Crippen molar-refractivity contribution in [3.05, 3.63) is 12.5 Å². The number of oxazole rings is 1. The van der Waals surface area contributed by atoms with E-state index in [1.807, 2.05) is 0 Å². The van der Waals surface area contributed by atoms with Crippen LogP contribution in [0.3, 0.4) is 0 Å². The molecule has 7 heavy (non-hydrogen) atoms. The predicted octanol–water partition coefficient (Wildman–Crippen LogP) is -0.483. The van der Waals surface area contributed by atoms with Gasteiger partial charge in [-0.25, -0.2) is 4.98 Å². The quantitative estimate of drug-likeness (QED) is 0.460. The molecule has 1 heterocycles. The van der Waals surface area contributed by atoms with Crippen LogP contribution in [0, 0.1) is 0 Å². The van der Waals surface area contributed by atoms with Crippen molar-refractivity contribution in [1.82, 2.24) is 4.98 Å². The van der Waals surface area contributed by atoms with Gasteiger partial charge in [-0.3, -0.25) is 0 Å². The number of nitrogens with zero attached hydrogens (tertiary/aromatic N) is 1.